The maximum Gasteiger partial charge on any atom is 0.165 e. The van der Waals surface area contributed by atoms with Gasteiger partial charge in [0.1, 0.15) is 17.2 Å². The highest BCUT2D eigenvalue weighted by molar-refractivity contribution is 14.1. The van der Waals surface area contributed by atoms with Crippen LogP contribution in [0, 0.1) is 10.5 Å². The fourth-order valence-corrected chi connectivity index (χ4v) is 2.75. The molecule has 3 rings (SSSR count). The van der Waals surface area contributed by atoms with E-state index in [2.05, 4.69) is 44.8 Å². The minimum atomic E-state index is 0.705. The van der Waals surface area contributed by atoms with Gasteiger partial charge < -0.3 is 9.73 Å². The first-order chi connectivity index (χ1) is 10.2. The van der Waals surface area contributed by atoms with Crippen molar-refractivity contribution in [1.29, 1.82) is 0 Å². The second-order valence-corrected chi connectivity index (χ2v) is 6.01. The fraction of sp³-hybridized carbons (Fsp3) is 0.250. The maximum atomic E-state index is 5.80. The SMILES string of the molecule is CCCNc1nc(-c2c(C)oc3ccccc23)ncc1I. The molecule has 0 aliphatic carbocycles. The molecule has 1 aromatic carbocycles. The van der Waals surface area contributed by atoms with Gasteiger partial charge in [-0.25, -0.2) is 9.97 Å². The van der Waals surface area contributed by atoms with Crippen LogP contribution in [0.4, 0.5) is 5.82 Å². The van der Waals surface area contributed by atoms with Crippen LogP contribution in [0.5, 0.6) is 0 Å². The Morgan fingerprint density at radius 2 is 2.10 bits per heavy atom. The van der Waals surface area contributed by atoms with E-state index in [1.54, 1.807) is 0 Å². The van der Waals surface area contributed by atoms with Crippen LogP contribution in [-0.2, 0) is 0 Å². The number of nitrogens with one attached hydrogen (secondary N) is 1. The van der Waals surface area contributed by atoms with Crippen LogP contribution in [0.3, 0.4) is 0 Å². The zero-order valence-electron chi connectivity index (χ0n) is 12.0. The third kappa shape index (κ3) is 2.74. The number of hydrogen-bond donors (Lipinski definition) is 1. The summed E-state index contributed by atoms with van der Waals surface area (Å²) in [7, 11) is 0. The van der Waals surface area contributed by atoms with Gasteiger partial charge in [-0.2, -0.15) is 0 Å². The molecule has 0 saturated carbocycles. The highest BCUT2D eigenvalue weighted by Crippen LogP contribution is 2.33. The number of aromatic nitrogens is 2. The Labute approximate surface area is 137 Å². The minimum Gasteiger partial charge on any atom is -0.461 e. The standard InChI is InChI=1S/C16H16IN3O/c1-3-8-18-15-12(17)9-19-16(20-15)14-10(2)21-13-7-5-4-6-11(13)14/h4-7,9H,3,8H2,1-2H3,(H,18,19,20). The van der Waals surface area contributed by atoms with Crippen molar-refractivity contribution in [3.05, 3.63) is 39.8 Å². The molecule has 0 saturated heterocycles. The van der Waals surface area contributed by atoms with Crippen LogP contribution < -0.4 is 5.32 Å². The van der Waals surface area contributed by atoms with Gasteiger partial charge in [0.05, 0.1) is 9.13 Å². The van der Waals surface area contributed by atoms with E-state index in [0.29, 0.717) is 5.82 Å². The van der Waals surface area contributed by atoms with E-state index in [9.17, 15) is 0 Å². The Balaban J connectivity index is 2.12. The van der Waals surface area contributed by atoms with Crippen molar-refractivity contribution in [1.82, 2.24) is 9.97 Å². The van der Waals surface area contributed by atoms with E-state index < -0.39 is 0 Å². The molecule has 108 valence electrons. The molecule has 2 aromatic heterocycles. The number of para-hydroxylation sites is 1. The van der Waals surface area contributed by atoms with Gasteiger partial charge in [0.2, 0.25) is 0 Å². The highest BCUT2D eigenvalue weighted by Gasteiger charge is 2.16. The number of hydrogen-bond acceptors (Lipinski definition) is 4. The molecule has 0 fully saturated rings. The molecule has 5 heteroatoms. The molecule has 0 bridgehead atoms. The van der Waals surface area contributed by atoms with Crippen molar-refractivity contribution in [2.24, 2.45) is 0 Å². The number of rotatable bonds is 4. The van der Waals surface area contributed by atoms with E-state index in [1.807, 2.05) is 37.4 Å². The second kappa shape index (κ2) is 6.01. The Bertz CT molecular complexity index is 782. The minimum absolute atomic E-state index is 0.705. The van der Waals surface area contributed by atoms with Crippen LogP contribution in [-0.4, -0.2) is 16.5 Å². The summed E-state index contributed by atoms with van der Waals surface area (Å²) in [6.07, 6.45) is 2.91. The van der Waals surface area contributed by atoms with E-state index in [0.717, 1.165) is 44.6 Å². The number of benzene rings is 1. The smallest absolute Gasteiger partial charge is 0.165 e. The molecular formula is C16H16IN3O. The van der Waals surface area contributed by atoms with Gasteiger partial charge in [-0.15, -0.1) is 0 Å². The monoisotopic (exact) mass is 393 g/mol. The Morgan fingerprint density at radius 3 is 2.90 bits per heavy atom. The molecule has 2 heterocycles. The molecule has 0 aliphatic rings. The lowest BCUT2D eigenvalue weighted by Gasteiger charge is -2.08. The molecule has 0 atom stereocenters. The van der Waals surface area contributed by atoms with E-state index >= 15 is 0 Å². The normalized spacial score (nSPS) is 11.0. The van der Waals surface area contributed by atoms with Crippen molar-refractivity contribution < 1.29 is 4.42 Å². The van der Waals surface area contributed by atoms with Gasteiger partial charge >= 0.3 is 0 Å². The molecule has 1 N–H and O–H groups in total. The van der Waals surface area contributed by atoms with E-state index in [4.69, 9.17) is 4.42 Å². The van der Waals surface area contributed by atoms with Crippen molar-refractivity contribution >= 4 is 39.4 Å². The zero-order valence-corrected chi connectivity index (χ0v) is 14.1. The fourth-order valence-electron chi connectivity index (χ4n) is 2.30. The summed E-state index contributed by atoms with van der Waals surface area (Å²) in [6.45, 7) is 4.99. The largest absolute Gasteiger partial charge is 0.461 e. The lowest BCUT2D eigenvalue weighted by Crippen LogP contribution is -2.05. The third-order valence-electron chi connectivity index (χ3n) is 3.28. The van der Waals surface area contributed by atoms with Gasteiger partial charge in [0, 0.05) is 18.1 Å². The van der Waals surface area contributed by atoms with Crippen molar-refractivity contribution in [2.75, 3.05) is 11.9 Å². The Kier molecular flexibility index (Phi) is 4.10. The Morgan fingerprint density at radius 1 is 1.29 bits per heavy atom. The number of fused-ring (bicyclic) bond motifs is 1. The first kappa shape index (κ1) is 14.3. The van der Waals surface area contributed by atoms with Gasteiger partial charge in [0.25, 0.3) is 0 Å². The maximum absolute atomic E-state index is 5.80. The summed E-state index contributed by atoms with van der Waals surface area (Å²) >= 11 is 2.25. The summed E-state index contributed by atoms with van der Waals surface area (Å²) in [4.78, 5) is 9.16. The first-order valence-electron chi connectivity index (χ1n) is 6.95. The highest BCUT2D eigenvalue weighted by atomic mass is 127. The third-order valence-corrected chi connectivity index (χ3v) is 4.07. The average Bonchev–Trinajstić information content (AvgIpc) is 2.82. The van der Waals surface area contributed by atoms with Crippen LogP contribution in [0.15, 0.2) is 34.9 Å². The lowest BCUT2D eigenvalue weighted by atomic mass is 10.1. The number of furan rings is 1. The van der Waals surface area contributed by atoms with Crippen LogP contribution >= 0.6 is 22.6 Å². The second-order valence-electron chi connectivity index (χ2n) is 4.85. The summed E-state index contributed by atoms with van der Waals surface area (Å²) in [5, 5.41) is 4.40. The molecule has 0 spiro atoms. The summed E-state index contributed by atoms with van der Waals surface area (Å²) < 4.78 is 6.83. The first-order valence-corrected chi connectivity index (χ1v) is 8.03. The van der Waals surface area contributed by atoms with Crippen LogP contribution in [0.25, 0.3) is 22.4 Å². The van der Waals surface area contributed by atoms with Crippen molar-refractivity contribution in [3.8, 4) is 11.4 Å². The molecule has 0 amide bonds. The van der Waals surface area contributed by atoms with E-state index in [-0.39, 0.29) is 0 Å². The average molecular weight is 393 g/mol. The van der Waals surface area contributed by atoms with Gasteiger partial charge in [-0.05, 0) is 42.0 Å². The zero-order chi connectivity index (χ0) is 14.8. The predicted molar refractivity (Wildman–Crippen MR) is 93.5 cm³/mol. The Hall–Kier alpha value is -1.63. The number of aryl methyl sites for hydroxylation is 1. The molecule has 21 heavy (non-hydrogen) atoms. The van der Waals surface area contributed by atoms with Crippen LogP contribution in [0.1, 0.15) is 19.1 Å². The van der Waals surface area contributed by atoms with Gasteiger partial charge in [-0.3, -0.25) is 0 Å². The lowest BCUT2D eigenvalue weighted by molar-refractivity contribution is 0.579. The van der Waals surface area contributed by atoms with Crippen molar-refractivity contribution in [3.63, 3.8) is 0 Å². The summed E-state index contributed by atoms with van der Waals surface area (Å²) in [5.41, 5.74) is 1.84. The number of anilines is 1. The quantitative estimate of drug-likeness (QED) is 0.657. The number of halogens is 1. The molecule has 3 aromatic rings. The van der Waals surface area contributed by atoms with Gasteiger partial charge in [-0.1, -0.05) is 25.1 Å². The van der Waals surface area contributed by atoms with E-state index in [1.165, 1.54) is 0 Å². The predicted octanol–water partition coefficient (Wildman–Crippen LogP) is 4.62. The molecular weight excluding hydrogens is 377 g/mol. The topological polar surface area (TPSA) is 51.0 Å². The van der Waals surface area contributed by atoms with Crippen LogP contribution in [0.2, 0.25) is 0 Å². The molecule has 0 aliphatic heterocycles. The van der Waals surface area contributed by atoms with Crippen molar-refractivity contribution in [2.45, 2.75) is 20.3 Å². The van der Waals surface area contributed by atoms with Gasteiger partial charge in [0.15, 0.2) is 5.82 Å². The molecule has 0 radical (unpaired) electrons. The summed E-state index contributed by atoms with van der Waals surface area (Å²) in [6, 6.07) is 7.98. The molecule has 0 unspecified atom stereocenters. The summed E-state index contributed by atoms with van der Waals surface area (Å²) in [5.74, 6) is 2.43. The number of nitrogens with zero attached hydrogens (tertiary/aromatic N) is 2. The molecule has 4 nitrogen and oxygen atoms in total.